The zero-order chi connectivity index (χ0) is 17.1. The minimum atomic E-state index is 0.278. The maximum absolute atomic E-state index is 9.50. The minimum absolute atomic E-state index is 0.278. The van der Waals surface area contributed by atoms with Crippen molar-refractivity contribution >= 4 is 0 Å². The molecule has 0 bridgehead atoms. The van der Waals surface area contributed by atoms with Gasteiger partial charge in [-0.1, -0.05) is 12.5 Å². The Labute approximate surface area is 146 Å². The highest BCUT2D eigenvalue weighted by Crippen LogP contribution is 2.29. The molecule has 2 aliphatic rings. The highest BCUT2D eigenvalue weighted by molar-refractivity contribution is 5.43. The fraction of sp³-hybridized carbons (Fsp3) is 0.700. The van der Waals surface area contributed by atoms with Crippen molar-refractivity contribution in [1.29, 1.82) is 0 Å². The summed E-state index contributed by atoms with van der Waals surface area (Å²) < 4.78 is 5.44. The maximum Gasteiger partial charge on any atom is 0.122 e. The number of nitrogens with zero attached hydrogens (tertiary/aromatic N) is 2. The van der Waals surface area contributed by atoms with E-state index < -0.39 is 0 Å². The molecule has 1 aliphatic heterocycles. The average molecular weight is 332 g/mol. The molecule has 0 aromatic heterocycles. The van der Waals surface area contributed by atoms with E-state index in [1.807, 2.05) is 0 Å². The lowest BCUT2D eigenvalue weighted by atomic mass is 9.90. The van der Waals surface area contributed by atoms with Gasteiger partial charge in [-0.15, -0.1) is 0 Å². The molecular weight excluding hydrogens is 300 g/mol. The quantitative estimate of drug-likeness (QED) is 0.869. The lowest BCUT2D eigenvalue weighted by Crippen LogP contribution is -2.57. The van der Waals surface area contributed by atoms with Gasteiger partial charge >= 0.3 is 0 Å². The van der Waals surface area contributed by atoms with Gasteiger partial charge in [-0.2, -0.15) is 0 Å². The molecule has 134 valence electrons. The van der Waals surface area contributed by atoms with Crippen molar-refractivity contribution in [3.8, 4) is 5.75 Å². The Morgan fingerprint density at radius 3 is 2.58 bits per heavy atom. The van der Waals surface area contributed by atoms with Crippen LogP contribution in [0.4, 0.5) is 0 Å². The summed E-state index contributed by atoms with van der Waals surface area (Å²) in [5.41, 5.74) is 3.95. The molecule has 4 heteroatoms. The van der Waals surface area contributed by atoms with E-state index in [1.165, 1.54) is 42.5 Å². The van der Waals surface area contributed by atoms with Crippen LogP contribution in [-0.2, 0) is 6.54 Å². The third kappa shape index (κ3) is 3.61. The summed E-state index contributed by atoms with van der Waals surface area (Å²) in [4.78, 5) is 5.23. The number of methoxy groups -OCH3 is 1. The fourth-order valence-electron chi connectivity index (χ4n) is 4.09. The van der Waals surface area contributed by atoms with Gasteiger partial charge in [0.1, 0.15) is 5.75 Å². The molecule has 1 aliphatic carbocycles. The molecule has 1 aromatic carbocycles. The van der Waals surface area contributed by atoms with Gasteiger partial charge in [-0.25, -0.2) is 0 Å². The molecule has 1 aromatic rings. The smallest absolute Gasteiger partial charge is 0.122 e. The Kier molecular flexibility index (Phi) is 5.80. The normalized spacial score (nSPS) is 23.2. The van der Waals surface area contributed by atoms with Gasteiger partial charge in [0.25, 0.3) is 0 Å². The maximum atomic E-state index is 9.50. The van der Waals surface area contributed by atoms with E-state index in [0.29, 0.717) is 6.04 Å². The molecule has 1 heterocycles. The van der Waals surface area contributed by atoms with Gasteiger partial charge in [0.05, 0.1) is 7.11 Å². The fourth-order valence-corrected chi connectivity index (χ4v) is 4.09. The van der Waals surface area contributed by atoms with Crippen molar-refractivity contribution in [2.45, 2.75) is 58.2 Å². The Morgan fingerprint density at radius 2 is 1.96 bits per heavy atom. The van der Waals surface area contributed by atoms with Crippen LogP contribution < -0.4 is 4.74 Å². The van der Waals surface area contributed by atoms with Crippen molar-refractivity contribution in [2.24, 2.45) is 0 Å². The second kappa shape index (κ2) is 7.85. The summed E-state index contributed by atoms with van der Waals surface area (Å²) in [7, 11) is 1.73. The Balaban J connectivity index is 1.70. The van der Waals surface area contributed by atoms with Gasteiger partial charge in [0.2, 0.25) is 0 Å². The molecule has 24 heavy (non-hydrogen) atoms. The van der Waals surface area contributed by atoms with Gasteiger partial charge < -0.3 is 9.84 Å². The molecule has 4 nitrogen and oxygen atoms in total. The molecule has 1 saturated heterocycles. The molecule has 0 radical (unpaired) electrons. The van der Waals surface area contributed by atoms with Crippen LogP contribution >= 0.6 is 0 Å². The van der Waals surface area contributed by atoms with E-state index in [2.05, 4.69) is 35.8 Å². The Bertz CT molecular complexity index is 557. The van der Waals surface area contributed by atoms with Crippen molar-refractivity contribution in [2.75, 3.05) is 33.4 Å². The predicted octanol–water partition coefficient (Wildman–Crippen LogP) is 2.73. The highest BCUT2D eigenvalue weighted by Gasteiger charge is 2.33. The Morgan fingerprint density at radius 1 is 1.17 bits per heavy atom. The van der Waals surface area contributed by atoms with Crippen LogP contribution in [0.2, 0.25) is 0 Å². The lowest BCUT2D eigenvalue weighted by Gasteiger charge is -2.47. The molecular formula is C20H32N2O2. The number of hydrogen-bond donors (Lipinski definition) is 1. The highest BCUT2D eigenvalue weighted by atomic mass is 16.5. The first-order valence-corrected chi connectivity index (χ1v) is 9.36. The Hall–Kier alpha value is -1.10. The first kappa shape index (κ1) is 17.7. The van der Waals surface area contributed by atoms with Gasteiger partial charge in [-0.3, -0.25) is 9.80 Å². The van der Waals surface area contributed by atoms with Gasteiger partial charge in [0.15, 0.2) is 0 Å². The number of piperazine rings is 1. The zero-order valence-corrected chi connectivity index (χ0v) is 15.4. The van der Waals surface area contributed by atoms with E-state index in [9.17, 15) is 5.11 Å². The van der Waals surface area contributed by atoms with Crippen LogP contribution in [-0.4, -0.2) is 60.3 Å². The molecule has 0 amide bonds. The molecule has 1 atom stereocenters. The van der Waals surface area contributed by atoms with E-state index in [4.69, 9.17) is 4.74 Å². The lowest BCUT2D eigenvalue weighted by molar-refractivity contribution is 0.0111. The van der Waals surface area contributed by atoms with Crippen LogP contribution in [0, 0.1) is 13.8 Å². The van der Waals surface area contributed by atoms with Crippen LogP contribution in [0.3, 0.4) is 0 Å². The minimum Gasteiger partial charge on any atom is -0.496 e. The standard InChI is InChI=1S/C20H32N2O2/c1-15-16(2)20(24-3)8-7-17(15)13-21-10-11-22(18-5-4-6-18)14-19(21)9-12-23/h7-8,18-19,23H,4-6,9-14H2,1-3H3/t19-/m1/s1. The monoisotopic (exact) mass is 332 g/mol. The molecule has 0 unspecified atom stereocenters. The number of ether oxygens (including phenoxy) is 1. The number of rotatable bonds is 6. The van der Waals surface area contributed by atoms with Crippen LogP contribution in [0.5, 0.6) is 5.75 Å². The van der Waals surface area contributed by atoms with Gasteiger partial charge in [-0.05, 0) is 55.9 Å². The van der Waals surface area contributed by atoms with E-state index >= 15 is 0 Å². The third-order valence-corrected chi connectivity index (χ3v) is 6.13. The largest absolute Gasteiger partial charge is 0.496 e. The van der Waals surface area contributed by atoms with E-state index in [-0.39, 0.29) is 6.61 Å². The second-order valence-corrected chi connectivity index (χ2v) is 7.39. The third-order valence-electron chi connectivity index (χ3n) is 6.13. The SMILES string of the molecule is COc1ccc(CN2CCN(C3CCC3)C[C@H]2CCO)c(C)c1C. The first-order valence-electron chi connectivity index (χ1n) is 9.36. The second-order valence-electron chi connectivity index (χ2n) is 7.39. The number of hydrogen-bond acceptors (Lipinski definition) is 4. The van der Waals surface area contributed by atoms with Crippen molar-refractivity contribution in [3.63, 3.8) is 0 Å². The number of aliphatic hydroxyl groups is 1. The molecule has 0 spiro atoms. The van der Waals surface area contributed by atoms with Crippen LogP contribution in [0.1, 0.15) is 42.4 Å². The first-order chi connectivity index (χ1) is 11.6. The number of benzene rings is 1. The van der Waals surface area contributed by atoms with Crippen molar-refractivity contribution in [3.05, 3.63) is 28.8 Å². The number of aliphatic hydroxyl groups excluding tert-OH is 1. The summed E-state index contributed by atoms with van der Waals surface area (Å²) in [6.07, 6.45) is 4.99. The van der Waals surface area contributed by atoms with Crippen LogP contribution in [0.25, 0.3) is 0 Å². The predicted molar refractivity (Wildman–Crippen MR) is 97.6 cm³/mol. The average Bonchev–Trinajstić information content (AvgIpc) is 2.53. The molecule has 1 saturated carbocycles. The summed E-state index contributed by atoms with van der Waals surface area (Å²) in [5.74, 6) is 0.970. The summed E-state index contributed by atoms with van der Waals surface area (Å²) >= 11 is 0. The molecule has 2 fully saturated rings. The van der Waals surface area contributed by atoms with E-state index in [1.54, 1.807) is 7.11 Å². The zero-order valence-electron chi connectivity index (χ0n) is 15.4. The van der Waals surface area contributed by atoms with Crippen LogP contribution in [0.15, 0.2) is 12.1 Å². The topological polar surface area (TPSA) is 35.9 Å². The van der Waals surface area contributed by atoms with Crippen molar-refractivity contribution < 1.29 is 9.84 Å². The summed E-state index contributed by atoms with van der Waals surface area (Å²) in [6.45, 7) is 8.96. The van der Waals surface area contributed by atoms with Crippen molar-refractivity contribution in [1.82, 2.24) is 9.80 Å². The molecule has 3 rings (SSSR count). The summed E-state index contributed by atoms with van der Waals surface area (Å²) in [6, 6.07) is 5.56. The molecule has 1 N–H and O–H groups in total. The van der Waals surface area contributed by atoms with Gasteiger partial charge in [0, 0.05) is 44.9 Å². The summed E-state index contributed by atoms with van der Waals surface area (Å²) in [5, 5.41) is 9.50. The van der Waals surface area contributed by atoms with E-state index in [0.717, 1.165) is 37.8 Å².